The summed E-state index contributed by atoms with van der Waals surface area (Å²) in [4.78, 5) is 2.60. The summed E-state index contributed by atoms with van der Waals surface area (Å²) < 4.78 is 0. The molecule has 3 rings (SSSR count). The minimum absolute atomic E-state index is 0.879. The maximum atomic E-state index is 5.84. The van der Waals surface area contributed by atoms with E-state index in [1.165, 1.54) is 50.0 Å². The predicted octanol–water partition coefficient (Wildman–Crippen LogP) is 3.20. The van der Waals surface area contributed by atoms with Gasteiger partial charge in [-0.15, -0.1) is 0 Å². The van der Waals surface area contributed by atoms with Crippen molar-refractivity contribution in [2.75, 3.05) is 23.7 Å². The maximum Gasteiger partial charge on any atom is 0.0397 e. The van der Waals surface area contributed by atoms with Crippen molar-refractivity contribution in [2.24, 2.45) is 11.8 Å². The van der Waals surface area contributed by atoms with Gasteiger partial charge in [0.25, 0.3) is 0 Å². The van der Waals surface area contributed by atoms with Crippen LogP contribution in [0.1, 0.15) is 31.2 Å². The van der Waals surface area contributed by atoms with Crippen LogP contribution in [0.2, 0.25) is 0 Å². The van der Waals surface area contributed by atoms with E-state index in [9.17, 15) is 0 Å². The smallest absolute Gasteiger partial charge is 0.0397 e. The third kappa shape index (κ3) is 2.74. The molecule has 0 bridgehead atoms. The average Bonchev–Trinajstić information content (AvgIpc) is 3.11. The molecule has 1 aromatic rings. The number of nitrogen functional groups attached to an aromatic ring is 1. The number of benzene rings is 1. The molecule has 0 amide bonds. The largest absolute Gasteiger partial charge is 0.399 e. The molecule has 2 heteroatoms. The zero-order valence-corrected chi connectivity index (χ0v) is 10.7. The molecule has 2 aliphatic carbocycles. The molecule has 0 radical (unpaired) electrons. The van der Waals surface area contributed by atoms with Gasteiger partial charge in [-0.05, 0) is 68.2 Å². The van der Waals surface area contributed by atoms with Crippen LogP contribution in [0.25, 0.3) is 0 Å². The summed E-state index contributed by atoms with van der Waals surface area (Å²) in [7, 11) is 0. The lowest BCUT2D eigenvalue weighted by Gasteiger charge is -2.26. The zero-order valence-electron chi connectivity index (χ0n) is 10.7. The Bertz CT molecular complexity index is 391. The van der Waals surface area contributed by atoms with Crippen molar-refractivity contribution in [3.63, 3.8) is 0 Å². The topological polar surface area (TPSA) is 29.3 Å². The zero-order chi connectivity index (χ0) is 11.8. The summed E-state index contributed by atoms with van der Waals surface area (Å²) >= 11 is 0. The third-order valence-electron chi connectivity index (χ3n) is 3.91. The summed E-state index contributed by atoms with van der Waals surface area (Å²) in [6.07, 6.45) is 5.70. The van der Waals surface area contributed by atoms with Crippen molar-refractivity contribution in [3.8, 4) is 0 Å². The lowest BCUT2D eigenvalue weighted by atomic mass is 10.1. The standard InChI is InChI=1S/C15H22N2/c1-11-8-14(16)6-7-15(11)17(9-12-2-3-12)10-13-4-5-13/h6-8,12-13H,2-5,9-10,16H2,1H3. The molecule has 0 heterocycles. The molecule has 0 unspecified atom stereocenters. The van der Waals surface area contributed by atoms with E-state index < -0.39 is 0 Å². The van der Waals surface area contributed by atoms with Crippen molar-refractivity contribution < 1.29 is 0 Å². The molecule has 2 nitrogen and oxygen atoms in total. The Morgan fingerprint density at radius 2 is 1.71 bits per heavy atom. The minimum atomic E-state index is 0.879. The molecule has 2 aliphatic rings. The Balaban J connectivity index is 1.78. The van der Waals surface area contributed by atoms with Crippen LogP contribution >= 0.6 is 0 Å². The van der Waals surface area contributed by atoms with E-state index in [0.717, 1.165) is 17.5 Å². The van der Waals surface area contributed by atoms with Crippen LogP contribution in [0.15, 0.2) is 18.2 Å². The minimum Gasteiger partial charge on any atom is -0.399 e. The molecule has 0 aromatic heterocycles. The normalized spacial score (nSPS) is 19.4. The second-order valence-corrected chi connectivity index (χ2v) is 5.84. The van der Waals surface area contributed by atoms with Gasteiger partial charge in [0.2, 0.25) is 0 Å². The number of anilines is 2. The van der Waals surface area contributed by atoms with Crippen molar-refractivity contribution in [2.45, 2.75) is 32.6 Å². The monoisotopic (exact) mass is 230 g/mol. The van der Waals surface area contributed by atoms with Gasteiger partial charge in [0.1, 0.15) is 0 Å². The fraction of sp³-hybridized carbons (Fsp3) is 0.600. The van der Waals surface area contributed by atoms with Crippen LogP contribution in [0.5, 0.6) is 0 Å². The van der Waals surface area contributed by atoms with E-state index in [1.807, 2.05) is 6.07 Å². The average molecular weight is 230 g/mol. The van der Waals surface area contributed by atoms with Crippen molar-refractivity contribution >= 4 is 11.4 Å². The fourth-order valence-corrected chi connectivity index (χ4v) is 2.53. The summed E-state index contributed by atoms with van der Waals surface area (Å²) in [6.45, 7) is 4.68. The van der Waals surface area contributed by atoms with Gasteiger partial charge in [-0.2, -0.15) is 0 Å². The van der Waals surface area contributed by atoms with Crippen molar-refractivity contribution in [1.82, 2.24) is 0 Å². The quantitative estimate of drug-likeness (QED) is 0.787. The summed E-state index contributed by atoms with van der Waals surface area (Å²) in [5.41, 5.74) is 9.44. The maximum absolute atomic E-state index is 5.84. The molecular weight excluding hydrogens is 208 g/mol. The van der Waals surface area contributed by atoms with Gasteiger partial charge in [0.05, 0.1) is 0 Å². The van der Waals surface area contributed by atoms with Crippen LogP contribution in [0, 0.1) is 18.8 Å². The van der Waals surface area contributed by atoms with Crippen molar-refractivity contribution in [1.29, 1.82) is 0 Å². The first kappa shape index (κ1) is 10.9. The lowest BCUT2D eigenvalue weighted by molar-refractivity contribution is 0.678. The van der Waals surface area contributed by atoms with Gasteiger partial charge in [-0.1, -0.05) is 0 Å². The van der Waals surface area contributed by atoms with Gasteiger partial charge >= 0.3 is 0 Å². The number of hydrogen-bond donors (Lipinski definition) is 1. The van der Waals surface area contributed by atoms with Gasteiger partial charge < -0.3 is 10.6 Å². The van der Waals surface area contributed by atoms with Gasteiger partial charge in [-0.25, -0.2) is 0 Å². The van der Waals surface area contributed by atoms with Crippen LogP contribution in [-0.4, -0.2) is 13.1 Å². The Morgan fingerprint density at radius 3 is 2.18 bits per heavy atom. The number of aryl methyl sites for hydroxylation is 1. The van der Waals surface area contributed by atoms with E-state index >= 15 is 0 Å². The first-order chi connectivity index (χ1) is 8.22. The molecule has 2 saturated carbocycles. The van der Waals surface area contributed by atoms with Crippen LogP contribution < -0.4 is 10.6 Å². The Morgan fingerprint density at radius 1 is 1.12 bits per heavy atom. The summed E-state index contributed by atoms with van der Waals surface area (Å²) in [5, 5.41) is 0. The molecule has 1 aromatic carbocycles. The highest BCUT2D eigenvalue weighted by molar-refractivity contribution is 5.59. The van der Waals surface area contributed by atoms with E-state index in [4.69, 9.17) is 5.73 Å². The predicted molar refractivity (Wildman–Crippen MR) is 73.3 cm³/mol. The molecule has 17 heavy (non-hydrogen) atoms. The van der Waals surface area contributed by atoms with Crippen LogP contribution in [0.3, 0.4) is 0 Å². The SMILES string of the molecule is Cc1cc(N)ccc1N(CC1CC1)CC1CC1. The molecule has 0 saturated heterocycles. The second-order valence-electron chi connectivity index (χ2n) is 5.84. The molecule has 92 valence electrons. The van der Waals surface area contributed by atoms with Gasteiger partial charge in [0, 0.05) is 24.5 Å². The molecule has 2 fully saturated rings. The third-order valence-corrected chi connectivity index (χ3v) is 3.91. The summed E-state index contributed by atoms with van der Waals surface area (Å²) in [5.74, 6) is 1.90. The fourth-order valence-electron chi connectivity index (χ4n) is 2.53. The van der Waals surface area contributed by atoms with Crippen LogP contribution in [0.4, 0.5) is 11.4 Å². The Labute approximate surface area is 104 Å². The Kier molecular flexibility index (Phi) is 2.73. The van der Waals surface area contributed by atoms with E-state index in [-0.39, 0.29) is 0 Å². The number of rotatable bonds is 5. The van der Waals surface area contributed by atoms with E-state index in [0.29, 0.717) is 0 Å². The Hall–Kier alpha value is -1.18. The first-order valence-electron chi connectivity index (χ1n) is 6.83. The van der Waals surface area contributed by atoms with Crippen LogP contribution in [-0.2, 0) is 0 Å². The number of hydrogen-bond acceptors (Lipinski definition) is 2. The molecule has 0 aliphatic heterocycles. The summed E-state index contributed by atoms with van der Waals surface area (Å²) in [6, 6.07) is 6.34. The molecule has 2 N–H and O–H groups in total. The lowest BCUT2D eigenvalue weighted by Crippen LogP contribution is -2.28. The highest BCUT2D eigenvalue weighted by atomic mass is 15.1. The molecule has 0 atom stereocenters. The van der Waals surface area contributed by atoms with E-state index in [2.05, 4.69) is 24.0 Å². The highest BCUT2D eigenvalue weighted by Crippen LogP contribution is 2.36. The first-order valence-corrected chi connectivity index (χ1v) is 6.83. The second kappa shape index (κ2) is 4.25. The number of nitrogens with zero attached hydrogens (tertiary/aromatic N) is 1. The number of nitrogens with two attached hydrogens (primary N) is 1. The highest BCUT2D eigenvalue weighted by Gasteiger charge is 2.29. The molecular formula is C15H22N2. The van der Waals surface area contributed by atoms with Crippen molar-refractivity contribution in [3.05, 3.63) is 23.8 Å². The molecule has 0 spiro atoms. The van der Waals surface area contributed by atoms with Gasteiger partial charge in [-0.3, -0.25) is 0 Å². The van der Waals surface area contributed by atoms with E-state index in [1.54, 1.807) is 0 Å². The van der Waals surface area contributed by atoms with Gasteiger partial charge in [0.15, 0.2) is 0 Å².